The van der Waals surface area contributed by atoms with Gasteiger partial charge in [-0.1, -0.05) is 76.8 Å². The van der Waals surface area contributed by atoms with Crippen LogP contribution in [-0.4, -0.2) is 4.98 Å². The molecule has 0 saturated heterocycles. The molecular formula is C18H30ClN. The van der Waals surface area contributed by atoms with Crippen LogP contribution in [0.25, 0.3) is 0 Å². The van der Waals surface area contributed by atoms with Crippen molar-refractivity contribution in [3.05, 3.63) is 29.0 Å². The molecule has 0 unspecified atom stereocenters. The molecule has 114 valence electrons. The Bertz CT molecular complexity index is 339. The number of unbranched alkanes of at least 4 members (excludes halogenated alkanes) is 6. The van der Waals surface area contributed by atoms with Crippen molar-refractivity contribution in [2.75, 3.05) is 0 Å². The number of halogens is 1. The summed E-state index contributed by atoms with van der Waals surface area (Å²) in [4.78, 5) is 4.11. The van der Waals surface area contributed by atoms with Gasteiger partial charge in [-0.25, -0.2) is 0 Å². The van der Waals surface area contributed by atoms with Crippen LogP contribution in [-0.2, 0) is 0 Å². The van der Waals surface area contributed by atoms with E-state index in [1.165, 1.54) is 69.8 Å². The smallest absolute Gasteiger partial charge is 0.0624 e. The quantitative estimate of drug-likeness (QED) is 0.411. The van der Waals surface area contributed by atoms with Gasteiger partial charge in [-0.2, -0.15) is 0 Å². The number of rotatable bonds is 11. The zero-order valence-corrected chi connectivity index (χ0v) is 14.0. The Morgan fingerprint density at radius 3 is 2.05 bits per heavy atom. The first kappa shape index (κ1) is 17.5. The van der Waals surface area contributed by atoms with Gasteiger partial charge in [0.25, 0.3) is 0 Å². The molecule has 0 amide bonds. The summed E-state index contributed by atoms with van der Waals surface area (Å²) in [6.07, 6.45) is 16.9. The van der Waals surface area contributed by atoms with E-state index in [9.17, 15) is 0 Å². The highest BCUT2D eigenvalue weighted by Crippen LogP contribution is 2.32. The van der Waals surface area contributed by atoms with Gasteiger partial charge in [0.1, 0.15) is 0 Å². The molecule has 0 bridgehead atoms. The van der Waals surface area contributed by atoms with Gasteiger partial charge in [0, 0.05) is 12.4 Å². The van der Waals surface area contributed by atoms with Gasteiger partial charge in [0.15, 0.2) is 0 Å². The van der Waals surface area contributed by atoms with Crippen molar-refractivity contribution < 1.29 is 0 Å². The van der Waals surface area contributed by atoms with Gasteiger partial charge in [-0.05, 0) is 30.4 Å². The molecule has 1 rings (SSSR count). The van der Waals surface area contributed by atoms with Gasteiger partial charge in [0.05, 0.1) is 5.02 Å². The highest BCUT2D eigenvalue weighted by atomic mass is 35.5. The molecule has 0 spiro atoms. The van der Waals surface area contributed by atoms with E-state index in [0.29, 0.717) is 5.92 Å². The molecule has 0 aliphatic carbocycles. The average Bonchev–Trinajstić information content (AvgIpc) is 2.46. The first-order chi connectivity index (χ1) is 9.79. The molecule has 1 nitrogen and oxygen atoms in total. The second-order valence-electron chi connectivity index (χ2n) is 5.79. The van der Waals surface area contributed by atoms with Gasteiger partial charge in [0.2, 0.25) is 0 Å². The number of hydrogen-bond acceptors (Lipinski definition) is 1. The molecule has 1 heterocycles. The van der Waals surface area contributed by atoms with Crippen molar-refractivity contribution in [3.8, 4) is 0 Å². The third-order valence-electron chi connectivity index (χ3n) is 4.06. The lowest BCUT2D eigenvalue weighted by Gasteiger charge is -2.18. The van der Waals surface area contributed by atoms with Crippen LogP contribution in [0.4, 0.5) is 0 Å². The van der Waals surface area contributed by atoms with Gasteiger partial charge >= 0.3 is 0 Å². The fourth-order valence-corrected chi connectivity index (χ4v) is 3.08. The Balaban J connectivity index is 2.52. The molecule has 1 aromatic heterocycles. The molecular weight excluding hydrogens is 266 g/mol. The summed E-state index contributed by atoms with van der Waals surface area (Å²) < 4.78 is 0. The Hall–Kier alpha value is -0.560. The maximum Gasteiger partial charge on any atom is 0.0624 e. The highest BCUT2D eigenvalue weighted by Gasteiger charge is 2.14. The van der Waals surface area contributed by atoms with E-state index in [1.54, 1.807) is 6.20 Å². The molecule has 0 N–H and O–H groups in total. The lowest BCUT2D eigenvalue weighted by Crippen LogP contribution is -2.01. The lowest BCUT2D eigenvalue weighted by atomic mass is 9.88. The fraction of sp³-hybridized carbons (Fsp3) is 0.722. The summed E-state index contributed by atoms with van der Waals surface area (Å²) in [5, 5.41) is 0.850. The van der Waals surface area contributed by atoms with E-state index in [2.05, 4.69) is 24.9 Å². The second kappa shape index (κ2) is 11.1. The summed E-state index contributed by atoms with van der Waals surface area (Å²) in [6.45, 7) is 4.53. The maximum absolute atomic E-state index is 6.34. The maximum atomic E-state index is 6.34. The minimum Gasteiger partial charge on any atom is -0.263 e. The van der Waals surface area contributed by atoms with Crippen molar-refractivity contribution in [2.45, 2.75) is 84.0 Å². The Morgan fingerprint density at radius 1 is 0.950 bits per heavy atom. The largest absolute Gasteiger partial charge is 0.263 e. The zero-order chi connectivity index (χ0) is 14.6. The molecule has 0 aromatic carbocycles. The predicted octanol–water partition coefficient (Wildman–Crippen LogP) is 6.76. The molecule has 0 aliphatic rings. The molecule has 2 heteroatoms. The first-order valence-electron chi connectivity index (χ1n) is 8.39. The number of aromatic nitrogens is 1. The van der Waals surface area contributed by atoms with Crippen molar-refractivity contribution in [1.29, 1.82) is 0 Å². The molecule has 1 aromatic rings. The van der Waals surface area contributed by atoms with Crippen LogP contribution in [0.15, 0.2) is 18.5 Å². The van der Waals surface area contributed by atoms with E-state index < -0.39 is 0 Å². The SMILES string of the molecule is CCCCCCC(CCCCCC)c1ccncc1Cl. The number of nitrogens with zero attached hydrogens (tertiary/aromatic N) is 1. The van der Waals surface area contributed by atoms with Crippen LogP contribution < -0.4 is 0 Å². The van der Waals surface area contributed by atoms with Crippen LogP contribution >= 0.6 is 11.6 Å². The third-order valence-corrected chi connectivity index (χ3v) is 4.37. The average molecular weight is 296 g/mol. The molecule has 0 atom stereocenters. The molecule has 20 heavy (non-hydrogen) atoms. The monoisotopic (exact) mass is 295 g/mol. The summed E-state index contributed by atoms with van der Waals surface area (Å²) >= 11 is 6.34. The van der Waals surface area contributed by atoms with Gasteiger partial charge in [-0.15, -0.1) is 0 Å². The Kier molecular flexibility index (Phi) is 9.74. The van der Waals surface area contributed by atoms with Crippen molar-refractivity contribution in [1.82, 2.24) is 4.98 Å². The topological polar surface area (TPSA) is 12.9 Å². The van der Waals surface area contributed by atoms with Crippen LogP contribution in [0.3, 0.4) is 0 Å². The molecule has 0 radical (unpaired) electrons. The zero-order valence-electron chi connectivity index (χ0n) is 13.2. The summed E-state index contributed by atoms with van der Waals surface area (Å²) in [5.74, 6) is 0.624. The van der Waals surface area contributed by atoms with Gasteiger partial charge < -0.3 is 0 Å². The van der Waals surface area contributed by atoms with Crippen LogP contribution in [0.2, 0.25) is 5.02 Å². The van der Waals surface area contributed by atoms with Crippen LogP contribution in [0.1, 0.15) is 89.5 Å². The van der Waals surface area contributed by atoms with Crippen molar-refractivity contribution in [3.63, 3.8) is 0 Å². The van der Waals surface area contributed by atoms with E-state index in [0.717, 1.165) is 5.02 Å². The van der Waals surface area contributed by atoms with E-state index in [1.807, 2.05) is 6.20 Å². The van der Waals surface area contributed by atoms with E-state index >= 15 is 0 Å². The van der Waals surface area contributed by atoms with Crippen LogP contribution in [0, 0.1) is 0 Å². The molecule has 0 aliphatic heterocycles. The summed E-state index contributed by atoms with van der Waals surface area (Å²) in [7, 11) is 0. The number of hydrogen-bond donors (Lipinski definition) is 0. The third kappa shape index (κ3) is 6.74. The van der Waals surface area contributed by atoms with Crippen molar-refractivity contribution >= 4 is 11.6 Å². The fourth-order valence-electron chi connectivity index (χ4n) is 2.81. The first-order valence-corrected chi connectivity index (χ1v) is 8.76. The van der Waals surface area contributed by atoms with Crippen molar-refractivity contribution in [2.24, 2.45) is 0 Å². The van der Waals surface area contributed by atoms with E-state index in [-0.39, 0.29) is 0 Å². The van der Waals surface area contributed by atoms with Gasteiger partial charge in [-0.3, -0.25) is 4.98 Å². The molecule has 0 fully saturated rings. The second-order valence-corrected chi connectivity index (χ2v) is 6.20. The summed E-state index contributed by atoms with van der Waals surface area (Å²) in [6, 6.07) is 2.12. The predicted molar refractivity (Wildman–Crippen MR) is 89.5 cm³/mol. The van der Waals surface area contributed by atoms with Crippen LogP contribution in [0.5, 0.6) is 0 Å². The van der Waals surface area contributed by atoms with E-state index in [4.69, 9.17) is 11.6 Å². The minimum absolute atomic E-state index is 0.624. The Labute approximate surface area is 130 Å². The summed E-state index contributed by atoms with van der Waals surface area (Å²) in [5.41, 5.74) is 1.31. The molecule has 0 saturated carbocycles. The normalized spacial score (nSPS) is 11.2. The standard InChI is InChI=1S/C18H30ClN/c1-3-5-7-9-11-16(12-10-8-6-4-2)17-13-14-20-15-18(17)19/h13-16H,3-12H2,1-2H3. The number of pyridine rings is 1. The minimum atomic E-state index is 0.624. The Morgan fingerprint density at radius 2 is 1.55 bits per heavy atom. The highest BCUT2D eigenvalue weighted by molar-refractivity contribution is 6.31. The lowest BCUT2D eigenvalue weighted by molar-refractivity contribution is 0.496.